The Labute approximate surface area is 134 Å². The van der Waals surface area contributed by atoms with Crippen molar-refractivity contribution in [2.75, 3.05) is 5.32 Å². The van der Waals surface area contributed by atoms with E-state index in [4.69, 9.17) is 4.42 Å². The third-order valence-electron chi connectivity index (χ3n) is 3.40. The molecular formula is C17H12F3NO3. The Hall–Kier alpha value is -2.96. The number of halogens is 3. The molecule has 2 aromatic carbocycles. The second kappa shape index (κ2) is 5.92. The lowest BCUT2D eigenvalue weighted by Crippen LogP contribution is -2.17. The van der Waals surface area contributed by atoms with Crippen LogP contribution in [0, 0.1) is 6.92 Å². The van der Waals surface area contributed by atoms with Gasteiger partial charge in [-0.2, -0.15) is 0 Å². The predicted octanol–water partition coefficient (Wildman–Crippen LogP) is 4.89. The van der Waals surface area contributed by atoms with Gasteiger partial charge in [0.2, 0.25) is 0 Å². The van der Waals surface area contributed by atoms with Crippen LogP contribution in [0.2, 0.25) is 0 Å². The average Bonchev–Trinajstić information content (AvgIpc) is 2.85. The number of amides is 1. The zero-order valence-corrected chi connectivity index (χ0v) is 12.5. The fourth-order valence-corrected chi connectivity index (χ4v) is 2.32. The maximum absolute atomic E-state index is 12.3. The summed E-state index contributed by atoms with van der Waals surface area (Å²) < 4.78 is 45.7. The van der Waals surface area contributed by atoms with Crippen LogP contribution in [0.4, 0.5) is 18.9 Å². The number of nitrogens with one attached hydrogen (secondary N) is 1. The van der Waals surface area contributed by atoms with Crippen molar-refractivity contribution in [3.63, 3.8) is 0 Å². The van der Waals surface area contributed by atoms with Crippen LogP contribution in [0.15, 0.2) is 52.9 Å². The van der Waals surface area contributed by atoms with Gasteiger partial charge in [0.1, 0.15) is 11.3 Å². The number of aryl methyl sites for hydroxylation is 1. The zero-order valence-electron chi connectivity index (χ0n) is 12.5. The van der Waals surface area contributed by atoms with Crippen molar-refractivity contribution >= 4 is 22.6 Å². The third-order valence-corrected chi connectivity index (χ3v) is 3.40. The van der Waals surface area contributed by atoms with Crippen molar-refractivity contribution in [2.45, 2.75) is 13.3 Å². The number of hydrogen-bond acceptors (Lipinski definition) is 3. The summed E-state index contributed by atoms with van der Waals surface area (Å²) in [6, 6.07) is 12.1. The number of rotatable bonds is 3. The molecule has 0 spiro atoms. The highest BCUT2D eigenvalue weighted by Crippen LogP contribution is 2.27. The summed E-state index contributed by atoms with van der Waals surface area (Å²) in [4.78, 5) is 12.3. The minimum atomic E-state index is -4.75. The first-order chi connectivity index (χ1) is 11.3. The number of benzene rings is 2. The molecule has 0 atom stereocenters. The first kappa shape index (κ1) is 15.9. The lowest BCUT2D eigenvalue weighted by molar-refractivity contribution is -0.274. The van der Waals surface area contributed by atoms with Crippen LogP contribution in [0.3, 0.4) is 0 Å². The van der Waals surface area contributed by atoms with Crippen molar-refractivity contribution < 1.29 is 27.1 Å². The summed E-state index contributed by atoms with van der Waals surface area (Å²) >= 11 is 0. The van der Waals surface area contributed by atoms with Crippen LogP contribution < -0.4 is 10.1 Å². The van der Waals surface area contributed by atoms with Crippen molar-refractivity contribution in [3.8, 4) is 5.75 Å². The molecule has 3 aromatic rings. The average molecular weight is 335 g/mol. The molecule has 0 saturated heterocycles. The number of carbonyl (C=O) groups is 1. The second-order valence-corrected chi connectivity index (χ2v) is 5.08. The van der Waals surface area contributed by atoms with Crippen molar-refractivity contribution in [1.29, 1.82) is 0 Å². The number of anilines is 1. The number of carbonyl (C=O) groups excluding carboxylic acids is 1. The quantitative estimate of drug-likeness (QED) is 0.741. The van der Waals surface area contributed by atoms with Crippen LogP contribution in [-0.4, -0.2) is 12.3 Å². The molecule has 4 nitrogen and oxygen atoms in total. The number of fused-ring (bicyclic) bond motifs is 1. The summed E-state index contributed by atoms with van der Waals surface area (Å²) in [6.07, 6.45) is -4.75. The van der Waals surface area contributed by atoms with Gasteiger partial charge in [-0.25, -0.2) is 0 Å². The summed E-state index contributed by atoms with van der Waals surface area (Å²) in [7, 11) is 0. The SMILES string of the molecule is Cc1c(C(=O)Nc2ccc(OC(F)(F)F)cc2)oc2ccccc12. The standard InChI is InChI=1S/C17H12F3NO3/c1-10-13-4-2-3-5-14(13)23-15(10)16(22)21-11-6-8-12(9-7-11)24-17(18,19)20/h2-9H,1H3,(H,21,22). The van der Waals surface area contributed by atoms with Gasteiger partial charge < -0.3 is 14.5 Å². The van der Waals surface area contributed by atoms with Crippen LogP contribution in [0.25, 0.3) is 11.0 Å². The van der Waals surface area contributed by atoms with Crippen molar-refractivity contribution in [2.24, 2.45) is 0 Å². The van der Waals surface area contributed by atoms with Gasteiger partial charge >= 0.3 is 6.36 Å². The monoisotopic (exact) mass is 335 g/mol. The molecule has 124 valence electrons. The lowest BCUT2D eigenvalue weighted by Gasteiger charge is -2.09. The molecule has 0 aliphatic carbocycles. The molecule has 1 heterocycles. The van der Waals surface area contributed by atoms with E-state index in [0.717, 1.165) is 17.5 Å². The van der Waals surface area contributed by atoms with E-state index >= 15 is 0 Å². The van der Waals surface area contributed by atoms with E-state index in [1.807, 2.05) is 12.1 Å². The van der Waals surface area contributed by atoms with Gasteiger partial charge in [-0.15, -0.1) is 13.2 Å². The Morgan fingerprint density at radius 3 is 2.38 bits per heavy atom. The fraction of sp³-hybridized carbons (Fsp3) is 0.118. The third kappa shape index (κ3) is 3.34. The molecule has 24 heavy (non-hydrogen) atoms. The van der Waals surface area contributed by atoms with Gasteiger partial charge in [-0.1, -0.05) is 18.2 Å². The van der Waals surface area contributed by atoms with Gasteiger partial charge in [-0.05, 0) is 37.3 Å². The van der Waals surface area contributed by atoms with E-state index in [-0.39, 0.29) is 11.5 Å². The lowest BCUT2D eigenvalue weighted by atomic mass is 10.1. The molecule has 0 bridgehead atoms. The molecule has 0 radical (unpaired) electrons. The Morgan fingerprint density at radius 1 is 1.08 bits per heavy atom. The van der Waals surface area contributed by atoms with E-state index < -0.39 is 12.3 Å². The summed E-state index contributed by atoms with van der Waals surface area (Å²) in [5.41, 5.74) is 1.61. The van der Waals surface area contributed by atoms with Crippen LogP contribution >= 0.6 is 0 Å². The number of furan rings is 1. The van der Waals surface area contributed by atoms with Crippen LogP contribution in [0.1, 0.15) is 16.1 Å². The molecular weight excluding hydrogens is 323 g/mol. The molecule has 0 saturated carbocycles. The minimum Gasteiger partial charge on any atom is -0.451 e. The van der Waals surface area contributed by atoms with Crippen molar-refractivity contribution in [3.05, 3.63) is 59.9 Å². The normalized spacial score (nSPS) is 11.5. The van der Waals surface area contributed by atoms with Gasteiger partial charge in [0, 0.05) is 16.6 Å². The number of para-hydroxylation sites is 1. The van der Waals surface area contributed by atoms with E-state index in [2.05, 4.69) is 10.1 Å². The molecule has 1 N–H and O–H groups in total. The van der Waals surface area contributed by atoms with E-state index in [9.17, 15) is 18.0 Å². The Bertz CT molecular complexity index is 882. The molecule has 0 unspecified atom stereocenters. The van der Waals surface area contributed by atoms with Crippen LogP contribution in [0.5, 0.6) is 5.75 Å². The van der Waals surface area contributed by atoms with Gasteiger partial charge in [0.25, 0.3) is 5.91 Å². The number of hydrogen-bond donors (Lipinski definition) is 1. The second-order valence-electron chi connectivity index (χ2n) is 5.08. The largest absolute Gasteiger partial charge is 0.573 e. The van der Waals surface area contributed by atoms with Gasteiger partial charge in [0.15, 0.2) is 5.76 Å². The highest BCUT2D eigenvalue weighted by molar-refractivity contribution is 6.06. The Balaban J connectivity index is 1.77. The summed E-state index contributed by atoms with van der Waals surface area (Å²) in [5, 5.41) is 3.41. The van der Waals surface area contributed by atoms with E-state index in [0.29, 0.717) is 16.8 Å². The zero-order chi connectivity index (χ0) is 17.3. The Morgan fingerprint density at radius 2 is 1.75 bits per heavy atom. The number of alkyl halides is 3. The number of ether oxygens (including phenoxy) is 1. The molecule has 0 fully saturated rings. The topological polar surface area (TPSA) is 51.5 Å². The summed E-state index contributed by atoms with van der Waals surface area (Å²) in [6.45, 7) is 1.76. The first-order valence-corrected chi connectivity index (χ1v) is 6.99. The molecule has 1 aromatic heterocycles. The Kier molecular flexibility index (Phi) is 3.92. The molecule has 0 aliphatic heterocycles. The first-order valence-electron chi connectivity index (χ1n) is 6.99. The van der Waals surface area contributed by atoms with E-state index in [1.54, 1.807) is 19.1 Å². The maximum Gasteiger partial charge on any atom is 0.573 e. The molecule has 3 rings (SSSR count). The van der Waals surface area contributed by atoms with Crippen LogP contribution in [-0.2, 0) is 0 Å². The molecule has 0 aliphatic rings. The summed E-state index contributed by atoms with van der Waals surface area (Å²) in [5.74, 6) is -0.680. The predicted molar refractivity (Wildman–Crippen MR) is 82.0 cm³/mol. The fourth-order valence-electron chi connectivity index (χ4n) is 2.32. The highest BCUT2D eigenvalue weighted by atomic mass is 19.4. The van der Waals surface area contributed by atoms with Gasteiger partial charge in [0.05, 0.1) is 0 Å². The van der Waals surface area contributed by atoms with E-state index in [1.165, 1.54) is 12.1 Å². The smallest absolute Gasteiger partial charge is 0.451 e. The molecule has 7 heteroatoms. The van der Waals surface area contributed by atoms with Crippen molar-refractivity contribution in [1.82, 2.24) is 0 Å². The maximum atomic E-state index is 12.3. The minimum absolute atomic E-state index is 0.159. The highest BCUT2D eigenvalue weighted by Gasteiger charge is 2.31. The molecule has 1 amide bonds. The van der Waals surface area contributed by atoms with Gasteiger partial charge in [-0.3, -0.25) is 4.79 Å².